The van der Waals surface area contributed by atoms with Crippen molar-refractivity contribution < 1.29 is 0 Å². The lowest BCUT2D eigenvalue weighted by atomic mass is 9.92. The molecular weight excluding hydrogens is 234 g/mol. The minimum Gasteiger partial charge on any atom is -0.352 e. The van der Waals surface area contributed by atoms with Crippen molar-refractivity contribution >= 4 is 17.4 Å². The molecule has 1 aliphatic rings. The highest BCUT2D eigenvalue weighted by Gasteiger charge is 2.27. The van der Waals surface area contributed by atoms with Crippen LogP contribution in [-0.4, -0.2) is 17.6 Å². The maximum atomic E-state index is 8.98. The van der Waals surface area contributed by atoms with E-state index in [1.165, 1.54) is 6.42 Å². The van der Waals surface area contributed by atoms with Crippen molar-refractivity contribution in [3.8, 4) is 6.07 Å². The summed E-state index contributed by atoms with van der Waals surface area (Å²) in [4.78, 5) is 6.56. The van der Waals surface area contributed by atoms with Crippen LogP contribution in [0.3, 0.4) is 0 Å². The van der Waals surface area contributed by atoms with E-state index in [-0.39, 0.29) is 0 Å². The summed E-state index contributed by atoms with van der Waals surface area (Å²) in [6.07, 6.45) is 4.05. The monoisotopic (exact) mass is 249 g/mol. The van der Waals surface area contributed by atoms with E-state index >= 15 is 0 Å². The molecule has 2 rings (SSSR count). The molecule has 0 amide bonds. The highest BCUT2D eigenvalue weighted by molar-refractivity contribution is 6.34. The van der Waals surface area contributed by atoms with Crippen LogP contribution >= 0.6 is 11.6 Å². The molecule has 1 aromatic heterocycles. The standard InChI is InChI=1S/C13H16ClN3/c1-9-4-3-7-17(10(9)2)13-12(14)11(8-15)5-6-16-13/h5-6,9-10H,3-4,7H2,1-2H3. The van der Waals surface area contributed by atoms with Crippen molar-refractivity contribution in [3.05, 3.63) is 22.8 Å². The molecule has 1 aliphatic heterocycles. The van der Waals surface area contributed by atoms with E-state index in [0.717, 1.165) is 18.8 Å². The molecule has 1 aromatic rings. The molecule has 0 N–H and O–H groups in total. The molecule has 0 aliphatic carbocycles. The van der Waals surface area contributed by atoms with Gasteiger partial charge in [-0.3, -0.25) is 0 Å². The molecule has 1 fully saturated rings. The topological polar surface area (TPSA) is 39.9 Å². The van der Waals surface area contributed by atoms with Gasteiger partial charge in [0.25, 0.3) is 0 Å². The quantitative estimate of drug-likeness (QED) is 0.767. The molecule has 90 valence electrons. The third-order valence-electron chi connectivity index (χ3n) is 3.64. The Labute approximate surface area is 107 Å². The van der Waals surface area contributed by atoms with Gasteiger partial charge in [-0.1, -0.05) is 18.5 Å². The van der Waals surface area contributed by atoms with Crippen LogP contribution in [0.15, 0.2) is 12.3 Å². The van der Waals surface area contributed by atoms with E-state index in [1.807, 2.05) is 0 Å². The van der Waals surface area contributed by atoms with E-state index in [1.54, 1.807) is 12.3 Å². The van der Waals surface area contributed by atoms with Gasteiger partial charge in [0.1, 0.15) is 16.9 Å². The zero-order valence-corrected chi connectivity index (χ0v) is 10.9. The zero-order valence-electron chi connectivity index (χ0n) is 10.2. The largest absolute Gasteiger partial charge is 0.352 e. The Balaban J connectivity index is 2.37. The number of aromatic nitrogens is 1. The van der Waals surface area contributed by atoms with Crippen molar-refractivity contribution in [1.82, 2.24) is 4.98 Å². The van der Waals surface area contributed by atoms with Crippen LogP contribution in [-0.2, 0) is 0 Å². The van der Waals surface area contributed by atoms with E-state index in [0.29, 0.717) is 22.5 Å². The number of pyridine rings is 1. The molecular formula is C13H16ClN3. The molecule has 2 unspecified atom stereocenters. The van der Waals surface area contributed by atoms with Gasteiger partial charge >= 0.3 is 0 Å². The van der Waals surface area contributed by atoms with Gasteiger partial charge in [-0.25, -0.2) is 4.98 Å². The Bertz CT molecular complexity index is 452. The number of hydrogen-bond donors (Lipinski definition) is 0. The lowest BCUT2D eigenvalue weighted by Gasteiger charge is -2.39. The molecule has 0 radical (unpaired) electrons. The Morgan fingerprint density at radius 2 is 2.29 bits per heavy atom. The molecule has 0 aromatic carbocycles. The lowest BCUT2D eigenvalue weighted by Crippen LogP contribution is -2.43. The maximum absolute atomic E-state index is 8.98. The minimum absolute atomic E-state index is 0.419. The second-order valence-electron chi connectivity index (χ2n) is 4.66. The van der Waals surface area contributed by atoms with Crippen molar-refractivity contribution in [2.24, 2.45) is 5.92 Å². The molecule has 3 nitrogen and oxygen atoms in total. The normalized spacial score (nSPS) is 24.5. The molecule has 2 atom stereocenters. The summed E-state index contributed by atoms with van der Waals surface area (Å²) in [5, 5.41) is 9.46. The second kappa shape index (κ2) is 4.93. The number of nitriles is 1. The second-order valence-corrected chi connectivity index (χ2v) is 5.04. The van der Waals surface area contributed by atoms with Gasteiger partial charge in [0, 0.05) is 18.8 Å². The average molecular weight is 250 g/mol. The van der Waals surface area contributed by atoms with Gasteiger partial charge in [-0.2, -0.15) is 5.26 Å². The summed E-state index contributed by atoms with van der Waals surface area (Å²) < 4.78 is 0. The molecule has 2 heterocycles. The summed E-state index contributed by atoms with van der Waals surface area (Å²) in [6, 6.07) is 4.18. The molecule has 0 bridgehead atoms. The van der Waals surface area contributed by atoms with Gasteiger partial charge in [0.2, 0.25) is 0 Å². The highest BCUT2D eigenvalue weighted by atomic mass is 35.5. The summed E-state index contributed by atoms with van der Waals surface area (Å²) in [5.41, 5.74) is 0.502. The van der Waals surface area contributed by atoms with Crippen LogP contribution in [0.5, 0.6) is 0 Å². The van der Waals surface area contributed by atoms with Gasteiger partial charge in [-0.05, 0) is 31.7 Å². The number of nitrogens with zero attached hydrogens (tertiary/aromatic N) is 3. The first kappa shape index (κ1) is 12.2. The van der Waals surface area contributed by atoms with Crippen LogP contribution in [0.25, 0.3) is 0 Å². The van der Waals surface area contributed by atoms with Crippen molar-refractivity contribution in [2.45, 2.75) is 32.7 Å². The fraction of sp³-hybridized carbons (Fsp3) is 0.538. The van der Waals surface area contributed by atoms with Crippen molar-refractivity contribution in [2.75, 3.05) is 11.4 Å². The highest BCUT2D eigenvalue weighted by Crippen LogP contribution is 2.32. The van der Waals surface area contributed by atoms with E-state index in [2.05, 4.69) is 29.8 Å². The Morgan fingerprint density at radius 3 is 3.00 bits per heavy atom. The Kier molecular flexibility index (Phi) is 3.54. The predicted molar refractivity (Wildman–Crippen MR) is 69.2 cm³/mol. The molecule has 4 heteroatoms. The van der Waals surface area contributed by atoms with Gasteiger partial charge in [0.15, 0.2) is 0 Å². The number of hydrogen-bond acceptors (Lipinski definition) is 3. The first-order valence-electron chi connectivity index (χ1n) is 5.96. The van der Waals surface area contributed by atoms with E-state index in [4.69, 9.17) is 16.9 Å². The van der Waals surface area contributed by atoms with Gasteiger partial charge < -0.3 is 4.90 Å². The van der Waals surface area contributed by atoms with Crippen LogP contribution in [0.4, 0.5) is 5.82 Å². The van der Waals surface area contributed by atoms with Crippen LogP contribution in [0, 0.1) is 17.2 Å². The number of anilines is 1. The molecule has 0 spiro atoms. The van der Waals surface area contributed by atoms with Crippen LogP contribution in [0.1, 0.15) is 32.3 Å². The first-order chi connectivity index (χ1) is 8.15. The van der Waals surface area contributed by atoms with Gasteiger partial charge in [-0.15, -0.1) is 0 Å². The smallest absolute Gasteiger partial charge is 0.148 e. The molecule has 17 heavy (non-hydrogen) atoms. The SMILES string of the molecule is CC1CCCN(c2nccc(C#N)c2Cl)C1C. The van der Waals surface area contributed by atoms with E-state index < -0.39 is 0 Å². The van der Waals surface area contributed by atoms with Gasteiger partial charge in [0.05, 0.1) is 5.56 Å². The minimum atomic E-state index is 0.419. The van der Waals surface area contributed by atoms with E-state index in [9.17, 15) is 0 Å². The van der Waals surface area contributed by atoms with Crippen LogP contribution in [0.2, 0.25) is 5.02 Å². The lowest BCUT2D eigenvalue weighted by molar-refractivity contribution is 0.361. The fourth-order valence-corrected chi connectivity index (χ4v) is 2.62. The van der Waals surface area contributed by atoms with Crippen LogP contribution < -0.4 is 4.90 Å². The molecule has 1 saturated heterocycles. The summed E-state index contributed by atoms with van der Waals surface area (Å²) >= 11 is 6.23. The Morgan fingerprint density at radius 1 is 1.53 bits per heavy atom. The van der Waals surface area contributed by atoms with Crippen molar-refractivity contribution in [1.29, 1.82) is 5.26 Å². The zero-order chi connectivity index (χ0) is 12.4. The molecule has 0 saturated carbocycles. The summed E-state index contributed by atoms with van der Waals surface area (Å²) in [5.74, 6) is 1.39. The number of halogens is 1. The average Bonchev–Trinajstić information content (AvgIpc) is 2.33. The summed E-state index contributed by atoms with van der Waals surface area (Å²) in [7, 11) is 0. The predicted octanol–water partition coefficient (Wildman–Crippen LogP) is 3.23. The third kappa shape index (κ3) is 2.23. The fourth-order valence-electron chi connectivity index (χ4n) is 2.35. The third-order valence-corrected chi connectivity index (χ3v) is 4.01. The number of rotatable bonds is 1. The number of piperidine rings is 1. The Hall–Kier alpha value is -1.27. The first-order valence-corrected chi connectivity index (χ1v) is 6.34. The maximum Gasteiger partial charge on any atom is 0.148 e. The van der Waals surface area contributed by atoms with Crippen molar-refractivity contribution in [3.63, 3.8) is 0 Å². The summed E-state index contributed by atoms with van der Waals surface area (Å²) in [6.45, 7) is 5.41.